The number of rotatable bonds is 5. The number of aromatic nitrogens is 2. The van der Waals surface area contributed by atoms with Gasteiger partial charge in [-0.05, 0) is 68.6 Å². The molecule has 5 nitrogen and oxygen atoms in total. The van der Waals surface area contributed by atoms with Gasteiger partial charge in [0.25, 0.3) is 5.91 Å². The van der Waals surface area contributed by atoms with Crippen LogP contribution in [0, 0.1) is 11.7 Å². The number of hydrogen-bond acceptors (Lipinski definition) is 4. The lowest BCUT2D eigenvalue weighted by Crippen LogP contribution is -2.33. The number of piperidine rings is 1. The highest BCUT2D eigenvalue weighted by Crippen LogP contribution is 2.18. The third-order valence-corrected chi connectivity index (χ3v) is 4.54. The fourth-order valence-electron chi connectivity index (χ4n) is 3.20. The minimum Gasteiger partial charge on any atom is -0.347 e. The second kappa shape index (κ2) is 8.16. The highest BCUT2D eigenvalue weighted by molar-refractivity contribution is 5.91. The van der Waals surface area contributed by atoms with Crippen LogP contribution in [-0.4, -0.2) is 41.1 Å². The summed E-state index contributed by atoms with van der Waals surface area (Å²) in [5.41, 5.74) is 2.06. The van der Waals surface area contributed by atoms with E-state index in [0.29, 0.717) is 18.2 Å². The van der Waals surface area contributed by atoms with Crippen LogP contribution in [0.1, 0.15) is 34.6 Å². The van der Waals surface area contributed by atoms with E-state index < -0.39 is 0 Å². The minimum absolute atomic E-state index is 0.277. The lowest BCUT2D eigenvalue weighted by atomic mass is 9.93. The predicted molar refractivity (Wildman–Crippen MR) is 93.5 cm³/mol. The van der Waals surface area contributed by atoms with Crippen molar-refractivity contribution in [3.8, 4) is 0 Å². The number of hydrogen-bond donors (Lipinski definition) is 1. The maximum atomic E-state index is 12.9. The number of carbonyl (C=O) groups is 1. The van der Waals surface area contributed by atoms with Crippen LogP contribution in [-0.2, 0) is 13.0 Å². The molecule has 2 aromatic rings. The molecule has 1 atom stereocenters. The number of likely N-dealkylation sites (tertiary alicyclic amines) is 1. The van der Waals surface area contributed by atoms with Crippen molar-refractivity contribution in [2.24, 2.45) is 5.92 Å². The molecule has 1 unspecified atom stereocenters. The van der Waals surface area contributed by atoms with Crippen LogP contribution >= 0.6 is 0 Å². The van der Waals surface area contributed by atoms with Gasteiger partial charge in [-0.25, -0.2) is 4.39 Å². The molecule has 0 saturated carbocycles. The van der Waals surface area contributed by atoms with Gasteiger partial charge in [0.05, 0.1) is 5.69 Å². The van der Waals surface area contributed by atoms with Gasteiger partial charge < -0.3 is 10.2 Å². The van der Waals surface area contributed by atoms with Gasteiger partial charge in [-0.3, -0.25) is 4.79 Å². The average molecular weight is 342 g/mol. The van der Waals surface area contributed by atoms with Crippen LogP contribution in [0.2, 0.25) is 0 Å². The standard InChI is InChI=1S/C19H23FN4O/c1-24-10-2-3-15(13-24)11-17-8-9-18(23-22-17)19(25)21-12-14-4-6-16(20)7-5-14/h4-9,15H,2-3,10-13H2,1H3,(H,21,25). The summed E-state index contributed by atoms with van der Waals surface area (Å²) in [4.78, 5) is 14.5. The molecule has 132 valence electrons. The number of carbonyl (C=O) groups excluding carboxylic acids is 1. The maximum absolute atomic E-state index is 12.9. The van der Waals surface area contributed by atoms with Gasteiger partial charge in [0.1, 0.15) is 5.82 Å². The summed E-state index contributed by atoms with van der Waals surface area (Å²) < 4.78 is 12.9. The predicted octanol–water partition coefficient (Wildman–Crippen LogP) is 2.43. The van der Waals surface area contributed by atoms with Gasteiger partial charge in [-0.1, -0.05) is 12.1 Å². The molecule has 0 aliphatic carbocycles. The number of nitrogens with one attached hydrogen (secondary N) is 1. The summed E-state index contributed by atoms with van der Waals surface area (Å²) >= 11 is 0. The van der Waals surface area contributed by atoms with Crippen molar-refractivity contribution in [2.45, 2.75) is 25.8 Å². The number of benzene rings is 1. The van der Waals surface area contributed by atoms with Crippen molar-refractivity contribution in [1.29, 1.82) is 0 Å². The molecule has 2 heterocycles. The Hall–Kier alpha value is -2.34. The number of nitrogens with zero attached hydrogens (tertiary/aromatic N) is 3. The Bertz CT molecular complexity index is 702. The molecule has 0 spiro atoms. The van der Waals surface area contributed by atoms with E-state index in [1.165, 1.54) is 25.0 Å². The molecule has 25 heavy (non-hydrogen) atoms. The van der Waals surface area contributed by atoms with E-state index in [0.717, 1.165) is 30.8 Å². The minimum atomic E-state index is -0.291. The summed E-state index contributed by atoms with van der Waals surface area (Å²) in [6, 6.07) is 9.64. The molecule has 1 saturated heterocycles. The quantitative estimate of drug-likeness (QED) is 0.907. The van der Waals surface area contributed by atoms with Gasteiger partial charge in [0.2, 0.25) is 0 Å². The van der Waals surface area contributed by atoms with Crippen molar-refractivity contribution in [2.75, 3.05) is 20.1 Å². The highest BCUT2D eigenvalue weighted by Gasteiger charge is 2.18. The van der Waals surface area contributed by atoms with E-state index in [4.69, 9.17) is 0 Å². The molecule has 1 fully saturated rings. The van der Waals surface area contributed by atoms with Crippen molar-refractivity contribution < 1.29 is 9.18 Å². The molecule has 6 heteroatoms. The van der Waals surface area contributed by atoms with Crippen molar-refractivity contribution in [3.05, 3.63) is 59.2 Å². The zero-order chi connectivity index (χ0) is 17.6. The molecule has 1 aromatic carbocycles. The van der Waals surface area contributed by atoms with Crippen molar-refractivity contribution >= 4 is 5.91 Å². The van der Waals surface area contributed by atoms with E-state index in [9.17, 15) is 9.18 Å². The zero-order valence-corrected chi connectivity index (χ0v) is 14.4. The van der Waals surface area contributed by atoms with Gasteiger partial charge in [-0.15, -0.1) is 5.10 Å². The van der Waals surface area contributed by atoms with Gasteiger partial charge >= 0.3 is 0 Å². The fourth-order valence-corrected chi connectivity index (χ4v) is 3.20. The Labute approximate surface area is 147 Å². The summed E-state index contributed by atoms with van der Waals surface area (Å²) in [6.45, 7) is 2.58. The third-order valence-electron chi connectivity index (χ3n) is 4.54. The first-order valence-electron chi connectivity index (χ1n) is 8.64. The number of halogens is 1. The fraction of sp³-hybridized carbons (Fsp3) is 0.421. The van der Waals surface area contributed by atoms with Gasteiger partial charge in [-0.2, -0.15) is 5.10 Å². The molecular formula is C19H23FN4O. The van der Waals surface area contributed by atoms with E-state index in [1.807, 2.05) is 6.07 Å². The summed E-state index contributed by atoms with van der Waals surface area (Å²) in [5.74, 6) is 0.0349. The highest BCUT2D eigenvalue weighted by atomic mass is 19.1. The Kier molecular flexibility index (Phi) is 5.71. The van der Waals surface area contributed by atoms with Crippen LogP contribution in [0.5, 0.6) is 0 Å². The van der Waals surface area contributed by atoms with Crippen LogP contribution in [0.3, 0.4) is 0 Å². The Morgan fingerprint density at radius 2 is 2.04 bits per heavy atom. The van der Waals surface area contributed by atoms with Crippen LogP contribution in [0.4, 0.5) is 4.39 Å². The van der Waals surface area contributed by atoms with E-state index in [-0.39, 0.29) is 11.7 Å². The monoisotopic (exact) mass is 342 g/mol. The molecule has 1 amide bonds. The largest absolute Gasteiger partial charge is 0.347 e. The topological polar surface area (TPSA) is 58.1 Å². The lowest BCUT2D eigenvalue weighted by Gasteiger charge is -2.29. The number of amides is 1. The van der Waals surface area contributed by atoms with Crippen LogP contribution in [0.25, 0.3) is 0 Å². The molecule has 0 bridgehead atoms. The van der Waals surface area contributed by atoms with E-state index in [2.05, 4.69) is 27.5 Å². The smallest absolute Gasteiger partial charge is 0.272 e. The normalized spacial score (nSPS) is 18.1. The first-order valence-corrected chi connectivity index (χ1v) is 8.64. The third kappa shape index (κ3) is 5.06. The molecular weight excluding hydrogens is 319 g/mol. The van der Waals surface area contributed by atoms with E-state index in [1.54, 1.807) is 18.2 Å². The molecule has 3 rings (SSSR count). The van der Waals surface area contributed by atoms with Gasteiger partial charge in [0.15, 0.2) is 5.69 Å². The Balaban J connectivity index is 1.52. The van der Waals surface area contributed by atoms with Gasteiger partial charge in [0, 0.05) is 13.1 Å². The second-order valence-electron chi connectivity index (χ2n) is 6.69. The maximum Gasteiger partial charge on any atom is 0.272 e. The molecule has 1 aliphatic rings. The summed E-state index contributed by atoms with van der Waals surface area (Å²) in [5, 5.41) is 11.0. The summed E-state index contributed by atoms with van der Waals surface area (Å²) in [7, 11) is 2.15. The van der Waals surface area contributed by atoms with Crippen LogP contribution < -0.4 is 5.32 Å². The molecule has 0 radical (unpaired) electrons. The van der Waals surface area contributed by atoms with Crippen LogP contribution in [0.15, 0.2) is 36.4 Å². The Morgan fingerprint density at radius 1 is 1.24 bits per heavy atom. The summed E-state index contributed by atoms with van der Waals surface area (Å²) in [6.07, 6.45) is 3.33. The zero-order valence-electron chi connectivity index (χ0n) is 14.4. The SMILES string of the molecule is CN1CCCC(Cc2ccc(C(=O)NCc3ccc(F)cc3)nn2)C1. The Morgan fingerprint density at radius 3 is 2.72 bits per heavy atom. The first kappa shape index (κ1) is 17.5. The molecule has 1 aliphatic heterocycles. The van der Waals surface area contributed by atoms with E-state index >= 15 is 0 Å². The lowest BCUT2D eigenvalue weighted by molar-refractivity contribution is 0.0945. The molecule has 1 aromatic heterocycles. The first-order chi connectivity index (χ1) is 12.1. The molecule has 1 N–H and O–H groups in total. The van der Waals surface area contributed by atoms with Crippen molar-refractivity contribution in [3.63, 3.8) is 0 Å². The average Bonchev–Trinajstić information content (AvgIpc) is 2.62. The second-order valence-corrected chi connectivity index (χ2v) is 6.69. The van der Waals surface area contributed by atoms with Crippen molar-refractivity contribution in [1.82, 2.24) is 20.4 Å².